The van der Waals surface area contributed by atoms with Crippen molar-refractivity contribution in [2.75, 3.05) is 18.0 Å². The summed E-state index contributed by atoms with van der Waals surface area (Å²) in [6.07, 6.45) is 0.554. The van der Waals surface area contributed by atoms with E-state index in [-0.39, 0.29) is 12.2 Å². The van der Waals surface area contributed by atoms with Gasteiger partial charge in [-0.05, 0) is 12.5 Å². The number of rotatable bonds is 6. The lowest BCUT2D eigenvalue weighted by Gasteiger charge is -2.22. The van der Waals surface area contributed by atoms with Gasteiger partial charge in [0.25, 0.3) is 5.69 Å². The molecule has 0 amide bonds. The van der Waals surface area contributed by atoms with Crippen LogP contribution in [-0.4, -0.2) is 29.1 Å². The van der Waals surface area contributed by atoms with Crippen molar-refractivity contribution in [3.05, 3.63) is 34.1 Å². The molecule has 0 spiro atoms. The Hall–Kier alpha value is -2.18. The summed E-state index contributed by atoms with van der Waals surface area (Å²) in [5.74, 6) is -1.96. The van der Waals surface area contributed by atoms with Crippen molar-refractivity contribution in [1.82, 2.24) is 0 Å². The van der Waals surface area contributed by atoms with E-state index in [0.29, 0.717) is 6.42 Å². The van der Waals surface area contributed by atoms with E-state index >= 15 is 0 Å². The third-order valence-corrected chi connectivity index (χ3v) is 2.30. The van der Waals surface area contributed by atoms with E-state index in [1.807, 2.05) is 0 Å². The molecule has 0 aliphatic rings. The Kier molecular flexibility index (Phi) is 4.59. The molecule has 1 aromatic rings. The minimum absolute atomic E-state index is 0.230. The van der Waals surface area contributed by atoms with Gasteiger partial charge in [0, 0.05) is 12.6 Å². The van der Waals surface area contributed by atoms with Gasteiger partial charge in [-0.25, -0.2) is 4.39 Å². The molecule has 0 aliphatic carbocycles. The van der Waals surface area contributed by atoms with Gasteiger partial charge in [-0.3, -0.25) is 14.9 Å². The zero-order chi connectivity index (χ0) is 13.7. The standard InChI is InChI=1S/C11H13FN2O4/c1-2-6-13(7-10(15)16)11-8(12)4-3-5-9(11)14(17)18/h3-5H,2,6-7H2,1H3,(H,15,16). The number of hydrogen-bond donors (Lipinski definition) is 1. The Morgan fingerprint density at radius 3 is 2.72 bits per heavy atom. The van der Waals surface area contributed by atoms with Crippen molar-refractivity contribution in [3.63, 3.8) is 0 Å². The van der Waals surface area contributed by atoms with Crippen LogP contribution in [0.4, 0.5) is 15.8 Å². The lowest BCUT2D eigenvalue weighted by Crippen LogP contribution is -2.31. The minimum atomic E-state index is -1.17. The lowest BCUT2D eigenvalue weighted by atomic mass is 10.2. The van der Waals surface area contributed by atoms with Gasteiger partial charge in [0.05, 0.1) is 4.92 Å². The molecule has 0 bridgehead atoms. The molecule has 0 saturated carbocycles. The molecule has 18 heavy (non-hydrogen) atoms. The molecule has 0 atom stereocenters. The Labute approximate surface area is 103 Å². The summed E-state index contributed by atoms with van der Waals surface area (Å²) < 4.78 is 13.7. The fraction of sp³-hybridized carbons (Fsp3) is 0.364. The van der Waals surface area contributed by atoms with E-state index in [2.05, 4.69) is 0 Å². The number of carbonyl (C=O) groups is 1. The average Bonchev–Trinajstić information content (AvgIpc) is 2.27. The Morgan fingerprint density at radius 2 is 2.22 bits per heavy atom. The fourth-order valence-electron chi connectivity index (χ4n) is 1.67. The van der Waals surface area contributed by atoms with Crippen molar-refractivity contribution in [2.45, 2.75) is 13.3 Å². The fourth-order valence-corrected chi connectivity index (χ4v) is 1.67. The second kappa shape index (κ2) is 5.95. The highest BCUT2D eigenvalue weighted by atomic mass is 19.1. The number of hydrogen-bond acceptors (Lipinski definition) is 4. The number of nitrogens with zero attached hydrogens (tertiary/aromatic N) is 2. The van der Waals surface area contributed by atoms with Crippen LogP contribution in [0.15, 0.2) is 18.2 Å². The van der Waals surface area contributed by atoms with Crippen LogP contribution in [0.25, 0.3) is 0 Å². The number of para-hydroxylation sites is 1. The third-order valence-electron chi connectivity index (χ3n) is 2.30. The monoisotopic (exact) mass is 256 g/mol. The SMILES string of the molecule is CCCN(CC(=O)O)c1c(F)cccc1[N+](=O)[O-]. The van der Waals surface area contributed by atoms with Crippen LogP contribution in [0, 0.1) is 15.9 Å². The summed E-state index contributed by atoms with van der Waals surface area (Å²) in [4.78, 5) is 22.0. The minimum Gasteiger partial charge on any atom is -0.480 e. The van der Waals surface area contributed by atoms with Gasteiger partial charge >= 0.3 is 5.97 Å². The van der Waals surface area contributed by atoms with Gasteiger partial charge in [-0.2, -0.15) is 0 Å². The number of carboxylic acids is 1. The van der Waals surface area contributed by atoms with Crippen molar-refractivity contribution in [2.24, 2.45) is 0 Å². The molecule has 1 N–H and O–H groups in total. The van der Waals surface area contributed by atoms with E-state index in [4.69, 9.17) is 5.11 Å². The predicted octanol–water partition coefficient (Wildman–Crippen LogP) is 2.03. The maximum absolute atomic E-state index is 13.7. The van der Waals surface area contributed by atoms with Gasteiger partial charge in [-0.1, -0.05) is 13.0 Å². The number of halogens is 1. The summed E-state index contributed by atoms with van der Waals surface area (Å²) in [7, 11) is 0. The lowest BCUT2D eigenvalue weighted by molar-refractivity contribution is -0.384. The first kappa shape index (κ1) is 13.9. The average molecular weight is 256 g/mol. The quantitative estimate of drug-likeness (QED) is 0.622. The van der Waals surface area contributed by atoms with Crippen LogP contribution in [0.5, 0.6) is 0 Å². The molecule has 1 aromatic carbocycles. The summed E-state index contributed by atoms with van der Waals surface area (Å²) in [6, 6.07) is 3.46. The number of carboxylic acid groups (broad SMARTS) is 1. The van der Waals surface area contributed by atoms with Crippen molar-refractivity contribution < 1.29 is 19.2 Å². The molecular formula is C11H13FN2O4. The van der Waals surface area contributed by atoms with Crippen molar-refractivity contribution >= 4 is 17.3 Å². The molecule has 0 fully saturated rings. The second-order valence-electron chi connectivity index (χ2n) is 3.68. The number of anilines is 1. The van der Waals surface area contributed by atoms with Gasteiger partial charge in [0.2, 0.25) is 0 Å². The van der Waals surface area contributed by atoms with Crippen molar-refractivity contribution in [1.29, 1.82) is 0 Å². The molecule has 0 radical (unpaired) electrons. The van der Waals surface area contributed by atoms with E-state index < -0.39 is 28.9 Å². The highest BCUT2D eigenvalue weighted by Crippen LogP contribution is 2.30. The number of nitro groups is 1. The third kappa shape index (κ3) is 3.16. The first-order valence-electron chi connectivity index (χ1n) is 5.37. The zero-order valence-electron chi connectivity index (χ0n) is 9.80. The maximum atomic E-state index is 13.7. The number of aliphatic carboxylic acids is 1. The van der Waals surface area contributed by atoms with E-state index in [1.54, 1.807) is 6.92 Å². The second-order valence-corrected chi connectivity index (χ2v) is 3.68. The molecule has 0 aromatic heterocycles. The van der Waals surface area contributed by atoms with Gasteiger partial charge in [0.15, 0.2) is 11.5 Å². The van der Waals surface area contributed by atoms with E-state index in [0.717, 1.165) is 17.0 Å². The van der Waals surface area contributed by atoms with Gasteiger partial charge < -0.3 is 10.0 Å². The molecule has 1 rings (SSSR count). The Bertz CT molecular complexity index is 464. The van der Waals surface area contributed by atoms with Crippen LogP contribution in [0.1, 0.15) is 13.3 Å². The van der Waals surface area contributed by atoms with Crippen LogP contribution in [-0.2, 0) is 4.79 Å². The summed E-state index contributed by atoms with van der Waals surface area (Å²) in [5, 5.41) is 19.6. The molecule has 7 heteroatoms. The topological polar surface area (TPSA) is 83.7 Å². The molecule has 98 valence electrons. The smallest absolute Gasteiger partial charge is 0.323 e. The van der Waals surface area contributed by atoms with Gasteiger partial charge in [-0.15, -0.1) is 0 Å². The summed E-state index contributed by atoms with van der Waals surface area (Å²) in [6.45, 7) is 1.53. The molecule has 0 saturated heterocycles. The first-order chi connectivity index (χ1) is 8.47. The molecular weight excluding hydrogens is 243 g/mol. The summed E-state index contributed by atoms with van der Waals surface area (Å²) in [5.41, 5.74) is -0.698. The Balaban J connectivity index is 3.24. The zero-order valence-corrected chi connectivity index (χ0v) is 9.80. The number of nitro benzene ring substituents is 1. The molecule has 0 unspecified atom stereocenters. The van der Waals surface area contributed by atoms with Crippen LogP contribution < -0.4 is 4.90 Å². The highest BCUT2D eigenvalue weighted by molar-refractivity contribution is 5.76. The molecule has 6 nitrogen and oxygen atoms in total. The summed E-state index contributed by atoms with van der Waals surface area (Å²) >= 11 is 0. The van der Waals surface area contributed by atoms with Crippen molar-refractivity contribution in [3.8, 4) is 0 Å². The number of benzene rings is 1. The molecule has 0 aliphatic heterocycles. The van der Waals surface area contributed by atoms with Crippen LogP contribution in [0.3, 0.4) is 0 Å². The predicted molar refractivity (Wildman–Crippen MR) is 63.2 cm³/mol. The Morgan fingerprint density at radius 1 is 1.56 bits per heavy atom. The highest BCUT2D eigenvalue weighted by Gasteiger charge is 2.24. The van der Waals surface area contributed by atoms with E-state index in [1.165, 1.54) is 6.07 Å². The van der Waals surface area contributed by atoms with Crippen LogP contribution >= 0.6 is 0 Å². The normalized spacial score (nSPS) is 10.1. The molecule has 0 heterocycles. The van der Waals surface area contributed by atoms with Crippen LogP contribution in [0.2, 0.25) is 0 Å². The van der Waals surface area contributed by atoms with E-state index in [9.17, 15) is 19.3 Å². The maximum Gasteiger partial charge on any atom is 0.323 e. The van der Waals surface area contributed by atoms with Gasteiger partial charge in [0.1, 0.15) is 6.54 Å². The largest absolute Gasteiger partial charge is 0.480 e. The first-order valence-corrected chi connectivity index (χ1v) is 5.37.